The van der Waals surface area contributed by atoms with Crippen molar-refractivity contribution in [1.82, 2.24) is 0 Å². The molecule has 0 atom stereocenters. The maximum atomic E-state index is 3.13. The van der Waals surface area contributed by atoms with Crippen LogP contribution in [0.25, 0.3) is 0 Å². The average molecular weight is 407 g/mol. The van der Waals surface area contributed by atoms with Crippen LogP contribution in [0.4, 0.5) is 0 Å². The molecule has 11 heavy (non-hydrogen) atoms. The van der Waals surface area contributed by atoms with Gasteiger partial charge in [-0.3, -0.25) is 0 Å². The molecule has 0 fully saturated rings. The molecule has 0 nitrogen and oxygen atoms in total. The van der Waals surface area contributed by atoms with Crippen LogP contribution >= 0.6 is 0 Å². The summed E-state index contributed by atoms with van der Waals surface area (Å²) in [5.41, 5.74) is 1.51. The molecule has 0 aliphatic heterocycles. The Labute approximate surface area is 90.2 Å². The van der Waals surface area contributed by atoms with Gasteiger partial charge in [-0.05, 0) is 0 Å². The second-order valence-electron chi connectivity index (χ2n) is 1.88. The molecule has 0 aliphatic rings. The first-order valence-corrected chi connectivity index (χ1v) is 17.3. The third-order valence-electron chi connectivity index (χ3n) is 1.14. The molecule has 0 radical (unpaired) electrons. The molecule has 1 aromatic rings. The van der Waals surface area contributed by atoms with Gasteiger partial charge in [0.1, 0.15) is 0 Å². The van der Waals surface area contributed by atoms with E-state index in [1.807, 2.05) is 0 Å². The van der Waals surface area contributed by atoms with Crippen molar-refractivity contribution in [2.75, 3.05) is 0 Å². The molecule has 0 spiro atoms. The van der Waals surface area contributed by atoms with Crippen molar-refractivity contribution < 1.29 is 0 Å². The number of benzene rings is 1. The maximum absolute atomic E-state index is 3.13. The van der Waals surface area contributed by atoms with E-state index in [0.29, 0.717) is 0 Å². The van der Waals surface area contributed by atoms with E-state index < -0.39 is 0 Å². The van der Waals surface area contributed by atoms with Gasteiger partial charge >= 0.3 is 91.1 Å². The van der Waals surface area contributed by atoms with Gasteiger partial charge < -0.3 is 0 Å². The van der Waals surface area contributed by atoms with E-state index in [0.717, 1.165) is 35.7 Å². The SMILES string of the molecule is [Se-][Se][Se][Se]Cc1ccccc1. The van der Waals surface area contributed by atoms with E-state index in [2.05, 4.69) is 44.5 Å². The van der Waals surface area contributed by atoms with Crippen molar-refractivity contribution in [2.45, 2.75) is 5.32 Å². The molecule has 0 aliphatic carbocycles. The fourth-order valence-electron chi connectivity index (χ4n) is 0.686. The fraction of sp³-hybridized carbons (Fsp3) is 0.143. The van der Waals surface area contributed by atoms with Gasteiger partial charge in [-0.2, -0.15) is 0 Å². The molecule has 0 bridgehead atoms. The molecule has 1 rings (SSSR count). The molecule has 60 valence electrons. The van der Waals surface area contributed by atoms with E-state index >= 15 is 0 Å². The minimum atomic E-state index is 0.821. The first kappa shape index (κ1) is 10.4. The molecule has 0 saturated carbocycles. The van der Waals surface area contributed by atoms with Crippen LogP contribution in [-0.2, 0) is 5.32 Å². The molecule has 4 heteroatoms. The molecule has 0 unspecified atom stereocenters. The van der Waals surface area contributed by atoms with Gasteiger partial charge in [0.15, 0.2) is 0 Å². The monoisotopic (exact) mass is 411 g/mol. The molecule has 0 amide bonds. The summed E-state index contributed by atoms with van der Waals surface area (Å²) in [4.78, 5) is 0. The van der Waals surface area contributed by atoms with Gasteiger partial charge in [0, 0.05) is 0 Å². The van der Waals surface area contributed by atoms with Crippen molar-refractivity contribution >= 4 is 49.9 Å². The van der Waals surface area contributed by atoms with Crippen LogP contribution in [0.3, 0.4) is 0 Å². The topological polar surface area (TPSA) is 0 Å². The summed E-state index contributed by atoms with van der Waals surface area (Å²) < 4.78 is 0. The van der Waals surface area contributed by atoms with Crippen molar-refractivity contribution in [3.63, 3.8) is 0 Å². The van der Waals surface area contributed by atoms with Gasteiger partial charge in [0.25, 0.3) is 0 Å². The standard InChI is InChI=1S/C7H8Se4/c8-10-11-9-6-7-4-2-1-3-5-7/h1-5,8H,6H2/p-1. The fourth-order valence-corrected chi connectivity index (χ4v) is 20.5. The Morgan fingerprint density at radius 2 is 1.91 bits per heavy atom. The van der Waals surface area contributed by atoms with E-state index in [1.54, 1.807) is 0 Å². The van der Waals surface area contributed by atoms with E-state index in [-0.39, 0.29) is 0 Å². The van der Waals surface area contributed by atoms with E-state index in [1.165, 1.54) is 10.9 Å². The summed E-state index contributed by atoms with van der Waals surface area (Å²) in [7, 11) is 0. The Bertz CT molecular complexity index is 187. The summed E-state index contributed by atoms with van der Waals surface area (Å²) in [6.45, 7) is 0. The van der Waals surface area contributed by atoms with Gasteiger partial charge in [0.05, 0.1) is 0 Å². The van der Waals surface area contributed by atoms with Crippen LogP contribution in [0.5, 0.6) is 0 Å². The molecule has 0 saturated heterocycles. The summed E-state index contributed by atoms with van der Waals surface area (Å²) in [5.74, 6) is 0. The van der Waals surface area contributed by atoms with Crippen molar-refractivity contribution in [3.8, 4) is 0 Å². The van der Waals surface area contributed by atoms with Crippen molar-refractivity contribution in [2.24, 2.45) is 0 Å². The second-order valence-corrected chi connectivity index (χ2v) is 24.5. The Kier molecular flexibility index (Phi) is 6.39. The summed E-state index contributed by atoms with van der Waals surface area (Å²) >= 11 is 5.78. The van der Waals surface area contributed by atoms with Crippen LogP contribution in [0.2, 0.25) is 0 Å². The Morgan fingerprint density at radius 3 is 2.55 bits per heavy atom. The van der Waals surface area contributed by atoms with Crippen LogP contribution in [0, 0.1) is 0 Å². The Balaban J connectivity index is 2.28. The van der Waals surface area contributed by atoms with Gasteiger partial charge in [-0.25, -0.2) is 0 Å². The Morgan fingerprint density at radius 1 is 1.18 bits per heavy atom. The summed E-state index contributed by atoms with van der Waals surface area (Å²) in [6, 6.07) is 10.8. The first-order chi connectivity index (χ1) is 5.43. The molecule has 0 N–H and O–H groups in total. The van der Waals surface area contributed by atoms with Gasteiger partial charge in [-0.1, -0.05) is 0 Å². The minimum absolute atomic E-state index is 0.821. The van der Waals surface area contributed by atoms with Crippen LogP contribution in [0.15, 0.2) is 30.3 Å². The summed E-state index contributed by atoms with van der Waals surface area (Å²) in [5, 5.41) is 1.33. The number of hydrogen-bond donors (Lipinski definition) is 0. The zero-order valence-electron chi connectivity index (χ0n) is 5.73. The molecule has 1 aromatic carbocycles. The van der Waals surface area contributed by atoms with Crippen LogP contribution in [-0.4, -0.2) is 49.9 Å². The molecular formula is C7H7Se4-. The van der Waals surface area contributed by atoms with Crippen molar-refractivity contribution in [3.05, 3.63) is 35.9 Å². The summed E-state index contributed by atoms with van der Waals surface area (Å²) in [6.07, 6.45) is 0. The normalized spacial score (nSPS) is 9.91. The second kappa shape index (κ2) is 6.78. The van der Waals surface area contributed by atoms with E-state index in [4.69, 9.17) is 0 Å². The molecular weight excluding hydrogens is 400 g/mol. The predicted octanol–water partition coefficient (Wildman–Crippen LogP) is 0.213. The van der Waals surface area contributed by atoms with Crippen molar-refractivity contribution in [1.29, 1.82) is 0 Å². The zero-order valence-corrected chi connectivity index (χ0v) is 12.6. The predicted molar refractivity (Wildman–Crippen MR) is 53.2 cm³/mol. The third-order valence-corrected chi connectivity index (χ3v) is 30.3. The molecule has 0 heterocycles. The average Bonchev–Trinajstić information content (AvgIpc) is 2.07. The third kappa shape index (κ3) is 4.78. The quantitative estimate of drug-likeness (QED) is 0.495. The number of hydrogen-bond acceptors (Lipinski definition) is 0. The number of rotatable bonds is 4. The zero-order chi connectivity index (χ0) is 7.94. The van der Waals surface area contributed by atoms with Gasteiger partial charge in [-0.15, -0.1) is 0 Å². The molecule has 0 aromatic heterocycles. The Hall–Kier alpha value is 1.30. The van der Waals surface area contributed by atoms with Crippen LogP contribution in [0.1, 0.15) is 5.56 Å². The van der Waals surface area contributed by atoms with Crippen LogP contribution < -0.4 is 0 Å². The first-order valence-electron chi connectivity index (χ1n) is 3.05. The van der Waals surface area contributed by atoms with Gasteiger partial charge in [0.2, 0.25) is 0 Å². The van der Waals surface area contributed by atoms with E-state index in [9.17, 15) is 0 Å².